The highest BCUT2D eigenvalue weighted by atomic mass is 19.3. The first-order chi connectivity index (χ1) is 14.7. The van der Waals surface area contributed by atoms with Crippen LogP contribution in [0, 0.1) is 17.5 Å². The van der Waals surface area contributed by atoms with Crippen LogP contribution >= 0.6 is 0 Å². The fourth-order valence-electron chi connectivity index (χ4n) is 2.76. The van der Waals surface area contributed by atoms with Gasteiger partial charge in [-0.3, -0.25) is 9.59 Å². The lowest BCUT2D eigenvalue weighted by Crippen LogP contribution is -2.47. The molecule has 0 aliphatic carbocycles. The number of anilines is 1. The topological polar surface area (TPSA) is 58.6 Å². The maximum Gasteiger partial charge on any atom is 0.352 e. The number of ether oxygens (including phenoxy) is 1. The number of alkyl halides is 2. The van der Waals surface area contributed by atoms with Gasteiger partial charge < -0.3 is 15.0 Å². The van der Waals surface area contributed by atoms with Crippen molar-refractivity contribution in [2.75, 3.05) is 31.6 Å². The quantitative estimate of drug-likeness (QED) is 0.715. The van der Waals surface area contributed by atoms with Crippen molar-refractivity contribution in [1.82, 2.24) is 4.90 Å². The van der Waals surface area contributed by atoms with E-state index in [0.717, 1.165) is 23.1 Å². The molecule has 2 aromatic rings. The number of amides is 2. The molecule has 31 heavy (non-hydrogen) atoms. The minimum atomic E-state index is -4.21. The number of benzene rings is 2. The third-order valence-electron chi connectivity index (χ3n) is 4.31. The number of halogens is 5. The number of hydrogen-bond donors (Lipinski definition) is 1. The number of rotatable bonds is 4. The van der Waals surface area contributed by atoms with Gasteiger partial charge >= 0.3 is 5.92 Å². The molecule has 5 nitrogen and oxygen atoms in total. The van der Waals surface area contributed by atoms with E-state index in [-0.39, 0.29) is 37.6 Å². The second-order valence-corrected chi connectivity index (χ2v) is 6.26. The summed E-state index contributed by atoms with van der Waals surface area (Å²) in [5.41, 5.74) is -1.77. The van der Waals surface area contributed by atoms with Crippen molar-refractivity contribution < 1.29 is 36.3 Å². The fraction of sp³-hybridized carbons (Fsp3) is 0.333. The summed E-state index contributed by atoms with van der Waals surface area (Å²) in [6.07, 6.45) is 0. The maximum atomic E-state index is 14.7. The van der Waals surface area contributed by atoms with Gasteiger partial charge in [-0.05, 0) is 30.3 Å². The van der Waals surface area contributed by atoms with Crippen LogP contribution < -0.4 is 5.32 Å². The second kappa shape index (κ2) is 10.3. The highest BCUT2D eigenvalue weighted by molar-refractivity contribution is 6.04. The van der Waals surface area contributed by atoms with Crippen molar-refractivity contribution in [3.8, 4) is 0 Å². The van der Waals surface area contributed by atoms with Gasteiger partial charge in [0.15, 0.2) is 11.6 Å². The molecule has 0 unspecified atom stereocenters. The Labute approximate surface area is 175 Å². The van der Waals surface area contributed by atoms with Gasteiger partial charge in [-0.1, -0.05) is 13.8 Å². The molecule has 1 aliphatic heterocycles. The zero-order valence-corrected chi connectivity index (χ0v) is 16.9. The summed E-state index contributed by atoms with van der Waals surface area (Å²) >= 11 is 0. The summed E-state index contributed by atoms with van der Waals surface area (Å²) in [5, 5.41) is 2.19. The third-order valence-corrected chi connectivity index (χ3v) is 4.31. The molecule has 2 aromatic carbocycles. The molecule has 168 valence electrons. The average molecular weight is 444 g/mol. The van der Waals surface area contributed by atoms with E-state index >= 15 is 0 Å². The summed E-state index contributed by atoms with van der Waals surface area (Å²) < 4.78 is 74.6. The van der Waals surface area contributed by atoms with Gasteiger partial charge in [-0.2, -0.15) is 8.78 Å². The van der Waals surface area contributed by atoms with Gasteiger partial charge in [-0.15, -0.1) is 0 Å². The van der Waals surface area contributed by atoms with Crippen LogP contribution in [0.25, 0.3) is 0 Å². The van der Waals surface area contributed by atoms with Crippen LogP contribution in [-0.2, 0) is 15.5 Å². The average Bonchev–Trinajstić information content (AvgIpc) is 2.77. The molecule has 0 atom stereocenters. The molecule has 3 rings (SSSR count). The van der Waals surface area contributed by atoms with Crippen LogP contribution in [0.5, 0.6) is 0 Å². The predicted molar refractivity (Wildman–Crippen MR) is 103 cm³/mol. The summed E-state index contributed by atoms with van der Waals surface area (Å²) in [7, 11) is 0. The van der Waals surface area contributed by atoms with Crippen LogP contribution in [0.4, 0.5) is 27.6 Å². The molecule has 0 radical (unpaired) electrons. The Morgan fingerprint density at radius 1 is 0.935 bits per heavy atom. The third kappa shape index (κ3) is 5.57. The van der Waals surface area contributed by atoms with Crippen LogP contribution in [0.1, 0.15) is 29.8 Å². The Morgan fingerprint density at radius 3 is 2.16 bits per heavy atom. The first-order valence-electron chi connectivity index (χ1n) is 9.51. The van der Waals surface area contributed by atoms with Gasteiger partial charge in [-0.25, -0.2) is 13.2 Å². The molecule has 10 heteroatoms. The van der Waals surface area contributed by atoms with Crippen molar-refractivity contribution in [3.05, 3.63) is 65.0 Å². The standard InChI is InChI=1S/C19H15F5N2O3.C2H6/c20-14-3-1-11(17(27)25-12-2-4-15(21)16(22)10-12)9-13(14)19(23,24)18(28)26-5-7-29-8-6-26;1-2/h1-4,9-10H,5-8H2,(H,25,27);1-2H3. The van der Waals surface area contributed by atoms with E-state index in [9.17, 15) is 31.5 Å². The molecule has 0 aromatic heterocycles. The molecule has 1 fully saturated rings. The Balaban J connectivity index is 0.00000166. The lowest BCUT2D eigenvalue weighted by atomic mass is 10.0. The summed E-state index contributed by atoms with van der Waals surface area (Å²) in [4.78, 5) is 25.3. The van der Waals surface area contributed by atoms with E-state index in [1.54, 1.807) is 0 Å². The molecule has 2 amide bonds. The molecule has 1 saturated heterocycles. The van der Waals surface area contributed by atoms with Gasteiger partial charge in [0.2, 0.25) is 0 Å². The fourth-order valence-corrected chi connectivity index (χ4v) is 2.76. The van der Waals surface area contributed by atoms with Gasteiger partial charge in [0.05, 0.1) is 18.8 Å². The first kappa shape index (κ1) is 24.3. The van der Waals surface area contributed by atoms with Crippen LogP contribution in [0.3, 0.4) is 0 Å². The highest BCUT2D eigenvalue weighted by Crippen LogP contribution is 2.33. The Bertz CT molecular complexity index is 947. The van der Waals surface area contributed by atoms with Crippen molar-refractivity contribution in [1.29, 1.82) is 0 Å². The number of carbonyl (C=O) groups excluding carboxylic acids is 2. The molecule has 1 heterocycles. The molecule has 1 aliphatic rings. The monoisotopic (exact) mass is 444 g/mol. The summed E-state index contributed by atoms with van der Waals surface area (Å²) in [6.45, 7) is 4.04. The number of nitrogens with zero attached hydrogens (tertiary/aromatic N) is 1. The van der Waals surface area contributed by atoms with E-state index in [0.29, 0.717) is 18.2 Å². The summed E-state index contributed by atoms with van der Waals surface area (Å²) in [5.74, 6) is -10.5. The van der Waals surface area contributed by atoms with Crippen molar-refractivity contribution in [3.63, 3.8) is 0 Å². The van der Waals surface area contributed by atoms with Crippen molar-refractivity contribution in [2.24, 2.45) is 0 Å². The Morgan fingerprint density at radius 2 is 1.55 bits per heavy atom. The largest absolute Gasteiger partial charge is 0.378 e. The Hall–Kier alpha value is -3.01. The summed E-state index contributed by atoms with van der Waals surface area (Å²) in [6, 6.07) is 4.67. The van der Waals surface area contributed by atoms with Crippen LogP contribution in [0.2, 0.25) is 0 Å². The SMILES string of the molecule is CC.O=C(Nc1ccc(F)c(F)c1)c1ccc(F)c(C(F)(F)C(=O)N2CCOCC2)c1. The van der Waals surface area contributed by atoms with Gasteiger partial charge in [0, 0.05) is 30.4 Å². The van der Waals surface area contributed by atoms with E-state index in [1.807, 2.05) is 13.8 Å². The molecular weight excluding hydrogens is 423 g/mol. The number of morpholine rings is 1. The smallest absolute Gasteiger partial charge is 0.352 e. The number of nitrogens with one attached hydrogen (secondary N) is 1. The van der Waals surface area contributed by atoms with Crippen LogP contribution in [-0.4, -0.2) is 43.0 Å². The maximum absolute atomic E-state index is 14.7. The van der Waals surface area contributed by atoms with Gasteiger partial charge in [0.25, 0.3) is 11.8 Å². The molecule has 1 N–H and O–H groups in total. The minimum absolute atomic E-state index is 0.0631. The highest BCUT2D eigenvalue weighted by Gasteiger charge is 2.46. The Kier molecular flexibility index (Phi) is 8.09. The lowest BCUT2D eigenvalue weighted by Gasteiger charge is -2.30. The van der Waals surface area contributed by atoms with Crippen molar-refractivity contribution >= 4 is 17.5 Å². The second-order valence-electron chi connectivity index (χ2n) is 6.26. The lowest BCUT2D eigenvalue weighted by molar-refractivity contribution is -0.163. The zero-order chi connectivity index (χ0) is 23.2. The molecule has 0 saturated carbocycles. The molecule has 0 bridgehead atoms. The first-order valence-corrected chi connectivity index (χ1v) is 9.51. The van der Waals surface area contributed by atoms with E-state index in [1.165, 1.54) is 0 Å². The van der Waals surface area contributed by atoms with Crippen LogP contribution in [0.15, 0.2) is 36.4 Å². The van der Waals surface area contributed by atoms with E-state index in [4.69, 9.17) is 4.74 Å². The number of carbonyl (C=O) groups is 2. The van der Waals surface area contributed by atoms with Crippen molar-refractivity contribution in [2.45, 2.75) is 19.8 Å². The molecular formula is C21H21F5N2O3. The zero-order valence-electron chi connectivity index (χ0n) is 16.9. The normalized spacial score (nSPS) is 13.8. The number of hydrogen-bond acceptors (Lipinski definition) is 3. The van der Waals surface area contributed by atoms with E-state index in [2.05, 4.69) is 5.32 Å². The molecule has 0 spiro atoms. The minimum Gasteiger partial charge on any atom is -0.378 e. The van der Waals surface area contributed by atoms with E-state index < -0.39 is 40.8 Å². The predicted octanol–water partition coefficient (Wildman–Crippen LogP) is 4.33. The van der Waals surface area contributed by atoms with Gasteiger partial charge in [0.1, 0.15) is 5.82 Å².